The third-order valence-corrected chi connectivity index (χ3v) is 6.53. The molecule has 0 unspecified atom stereocenters. The van der Waals surface area contributed by atoms with Gasteiger partial charge in [-0.15, -0.1) is 0 Å². The number of hydrogen-bond acceptors (Lipinski definition) is 5. The number of amides is 1. The van der Waals surface area contributed by atoms with Crippen molar-refractivity contribution in [3.05, 3.63) is 28.8 Å². The lowest BCUT2D eigenvalue weighted by atomic mass is 10.2. The van der Waals surface area contributed by atoms with E-state index in [4.69, 9.17) is 21.1 Å². The molecule has 0 aliphatic carbocycles. The van der Waals surface area contributed by atoms with Gasteiger partial charge >= 0.3 is 0 Å². The van der Waals surface area contributed by atoms with Crippen LogP contribution >= 0.6 is 11.6 Å². The first-order valence-corrected chi connectivity index (χ1v) is 10.1. The molecule has 3 rings (SSSR count). The number of morpholine rings is 1. The van der Waals surface area contributed by atoms with Crippen molar-refractivity contribution in [3.63, 3.8) is 0 Å². The lowest BCUT2D eigenvalue weighted by molar-refractivity contribution is 0.0730. The van der Waals surface area contributed by atoms with Crippen LogP contribution in [0.15, 0.2) is 23.1 Å². The smallest absolute Gasteiger partial charge is 0.252 e. The van der Waals surface area contributed by atoms with E-state index in [0.717, 1.165) is 12.8 Å². The highest BCUT2D eigenvalue weighted by Crippen LogP contribution is 2.24. The molecular weight excluding hydrogens is 368 g/mol. The zero-order chi connectivity index (χ0) is 17.9. The number of nitrogens with one attached hydrogen (secondary N) is 1. The van der Waals surface area contributed by atoms with Crippen molar-refractivity contribution in [2.75, 3.05) is 39.5 Å². The van der Waals surface area contributed by atoms with Gasteiger partial charge in [0.15, 0.2) is 0 Å². The molecule has 2 saturated heterocycles. The molecule has 0 saturated carbocycles. The van der Waals surface area contributed by atoms with Crippen LogP contribution in [0.25, 0.3) is 0 Å². The molecule has 1 N–H and O–H groups in total. The number of carbonyl (C=O) groups is 1. The Balaban J connectivity index is 1.76. The van der Waals surface area contributed by atoms with Crippen LogP contribution in [0, 0.1) is 0 Å². The fourth-order valence-electron chi connectivity index (χ4n) is 2.88. The van der Waals surface area contributed by atoms with Gasteiger partial charge in [0.05, 0.1) is 34.8 Å². The maximum Gasteiger partial charge on any atom is 0.252 e. The van der Waals surface area contributed by atoms with Crippen LogP contribution in [-0.2, 0) is 19.5 Å². The quantitative estimate of drug-likeness (QED) is 0.821. The Kier molecular flexibility index (Phi) is 5.96. The number of ether oxygens (including phenoxy) is 2. The second-order valence-corrected chi connectivity index (χ2v) is 8.35. The van der Waals surface area contributed by atoms with E-state index >= 15 is 0 Å². The summed E-state index contributed by atoms with van der Waals surface area (Å²) in [5.74, 6) is -0.403. The zero-order valence-corrected chi connectivity index (χ0v) is 15.3. The zero-order valence-electron chi connectivity index (χ0n) is 13.7. The van der Waals surface area contributed by atoms with E-state index in [2.05, 4.69) is 5.32 Å². The molecule has 0 aromatic heterocycles. The molecule has 2 aliphatic heterocycles. The van der Waals surface area contributed by atoms with Gasteiger partial charge in [0.2, 0.25) is 10.0 Å². The molecule has 1 aromatic carbocycles. The molecule has 1 atom stereocenters. The predicted molar refractivity (Wildman–Crippen MR) is 92.3 cm³/mol. The van der Waals surface area contributed by atoms with Crippen molar-refractivity contribution in [1.82, 2.24) is 9.62 Å². The van der Waals surface area contributed by atoms with Crippen LogP contribution in [0.5, 0.6) is 0 Å². The molecule has 7 nitrogen and oxygen atoms in total. The minimum absolute atomic E-state index is 0.00277. The van der Waals surface area contributed by atoms with Crippen molar-refractivity contribution in [2.24, 2.45) is 0 Å². The Morgan fingerprint density at radius 3 is 2.72 bits per heavy atom. The number of rotatable bonds is 5. The largest absolute Gasteiger partial charge is 0.379 e. The maximum absolute atomic E-state index is 12.7. The van der Waals surface area contributed by atoms with E-state index in [-0.39, 0.29) is 21.6 Å². The Labute approximate surface area is 152 Å². The highest BCUT2D eigenvalue weighted by Gasteiger charge is 2.27. The normalized spacial score (nSPS) is 22.0. The fourth-order valence-corrected chi connectivity index (χ4v) is 4.52. The lowest BCUT2D eigenvalue weighted by Crippen LogP contribution is -2.40. The van der Waals surface area contributed by atoms with Crippen LogP contribution < -0.4 is 5.32 Å². The van der Waals surface area contributed by atoms with Crippen molar-refractivity contribution < 1.29 is 22.7 Å². The van der Waals surface area contributed by atoms with Gasteiger partial charge < -0.3 is 14.8 Å². The molecule has 0 bridgehead atoms. The minimum atomic E-state index is -3.68. The Bertz CT molecular complexity index is 728. The first-order chi connectivity index (χ1) is 12.0. The van der Waals surface area contributed by atoms with Gasteiger partial charge in [-0.1, -0.05) is 11.6 Å². The molecule has 25 heavy (non-hydrogen) atoms. The summed E-state index contributed by atoms with van der Waals surface area (Å²) < 4.78 is 37.4. The van der Waals surface area contributed by atoms with Gasteiger partial charge in [0.1, 0.15) is 0 Å². The van der Waals surface area contributed by atoms with Crippen molar-refractivity contribution in [2.45, 2.75) is 23.8 Å². The van der Waals surface area contributed by atoms with E-state index in [1.807, 2.05) is 0 Å². The third-order valence-electron chi connectivity index (χ3n) is 4.30. The van der Waals surface area contributed by atoms with Crippen LogP contribution in [-0.4, -0.2) is 64.2 Å². The van der Waals surface area contributed by atoms with E-state index in [0.29, 0.717) is 39.5 Å². The lowest BCUT2D eigenvalue weighted by Gasteiger charge is -2.26. The molecule has 9 heteroatoms. The van der Waals surface area contributed by atoms with Crippen LogP contribution in [0.1, 0.15) is 23.2 Å². The summed E-state index contributed by atoms with van der Waals surface area (Å²) in [5.41, 5.74) is 0.147. The molecule has 138 valence electrons. The summed E-state index contributed by atoms with van der Waals surface area (Å²) >= 11 is 6.10. The van der Waals surface area contributed by atoms with Crippen molar-refractivity contribution in [3.8, 4) is 0 Å². The summed E-state index contributed by atoms with van der Waals surface area (Å²) in [7, 11) is -3.68. The molecule has 0 spiro atoms. The monoisotopic (exact) mass is 388 g/mol. The molecule has 2 aliphatic rings. The van der Waals surface area contributed by atoms with Gasteiger partial charge in [0.25, 0.3) is 5.91 Å². The summed E-state index contributed by atoms with van der Waals surface area (Å²) in [6.07, 6.45) is 1.89. The average molecular weight is 389 g/mol. The van der Waals surface area contributed by atoms with E-state index in [9.17, 15) is 13.2 Å². The molecule has 2 heterocycles. The summed E-state index contributed by atoms with van der Waals surface area (Å²) in [5, 5.41) is 2.98. The molecule has 2 fully saturated rings. The van der Waals surface area contributed by atoms with E-state index in [1.54, 1.807) is 0 Å². The highest BCUT2D eigenvalue weighted by molar-refractivity contribution is 7.89. The van der Waals surface area contributed by atoms with E-state index in [1.165, 1.54) is 22.5 Å². The molecule has 0 radical (unpaired) electrons. The van der Waals surface area contributed by atoms with Crippen molar-refractivity contribution >= 4 is 27.5 Å². The van der Waals surface area contributed by atoms with Crippen LogP contribution in [0.2, 0.25) is 5.02 Å². The Morgan fingerprint density at radius 2 is 2.04 bits per heavy atom. The first-order valence-electron chi connectivity index (χ1n) is 8.26. The highest BCUT2D eigenvalue weighted by atomic mass is 35.5. The second kappa shape index (κ2) is 8.01. The van der Waals surface area contributed by atoms with Gasteiger partial charge in [-0.2, -0.15) is 4.31 Å². The first kappa shape index (κ1) is 18.6. The molecule has 1 aromatic rings. The number of sulfonamides is 1. The average Bonchev–Trinajstić information content (AvgIpc) is 3.14. The number of hydrogen-bond donors (Lipinski definition) is 1. The van der Waals surface area contributed by atoms with Gasteiger partial charge in [-0.3, -0.25) is 4.79 Å². The number of halogens is 1. The van der Waals surface area contributed by atoms with Gasteiger partial charge in [0, 0.05) is 26.2 Å². The van der Waals surface area contributed by atoms with Gasteiger partial charge in [-0.25, -0.2) is 8.42 Å². The Morgan fingerprint density at radius 1 is 1.28 bits per heavy atom. The van der Waals surface area contributed by atoms with Crippen LogP contribution in [0.4, 0.5) is 0 Å². The Hall–Kier alpha value is -1.19. The fraction of sp³-hybridized carbons (Fsp3) is 0.562. The summed E-state index contributed by atoms with van der Waals surface area (Å²) in [6.45, 7) is 2.41. The van der Waals surface area contributed by atoms with Gasteiger partial charge in [-0.05, 0) is 31.0 Å². The SMILES string of the molecule is O=C(NC[C@@H]1CCCO1)c1cc(S(=O)(=O)N2CCOCC2)ccc1Cl. The molecular formula is C16H21ClN2O5S. The predicted octanol–water partition coefficient (Wildman–Crippen LogP) is 1.27. The third kappa shape index (κ3) is 4.32. The standard InChI is InChI=1S/C16H21ClN2O5S/c17-15-4-3-13(25(21,22)19-5-8-23-9-6-19)10-14(15)16(20)18-11-12-2-1-7-24-12/h3-4,10,12H,1-2,5-9,11H2,(H,18,20)/t12-/m0/s1. The molecule has 1 amide bonds. The summed E-state index contributed by atoms with van der Waals surface area (Å²) in [6, 6.07) is 4.19. The topological polar surface area (TPSA) is 84.9 Å². The van der Waals surface area contributed by atoms with E-state index < -0.39 is 15.9 Å². The number of benzene rings is 1. The van der Waals surface area contributed by atoms with Crippen molar-refractivity contribution in [1.29, 1.82) is 0 Å². The minimum Gasteiger partial charge on any atom is -0.379 e. The summed E-state index contributed by atoms with van der Waals surface area (Å²) in [4.78, 5) is 12.5. The van der Waals surface area contributed by atoms with Crippen LogP contribution in [0.3, 0.4) is 0 Å². The number of carbonyl (C=O) groups excluding carboxylic acids is 1. The number of nitrogens with zero attached hydrogens (tertiary/aromatic N) is 1. The maximum atomic E-state index is 12.7. The second-order valence-electron chi connectivity index (χ2n) is 6.00.